The largest absolute Gasteiger partial charge is 0.412 e. The summed E-state index contributed by atoms with van der Waals surface area (Å²) in [6.07, 6.45) is 3.08. The number of anilines is 2. The van der Waals surface area contributed by atoms with Crippen LogP contribution in [0.15, 0.2) is 12.7 Å². The van der Waals surface area contributed by atoms with E-state index in [9.17, 15) is 0 Å². The molecule has 0 aliphatic heterocycles. The van der Waals surface area contributed by atoms with Gasteiger partial charge in [-0.1, -0.05) is 24.4 Å². The van der Waals surface area contributed by atoms with E-state index in [1.54, 1.807) is 0 Å². The highest BCUT2D eigenvalue weighted by molar-refractivity contribution is 7.71. The Morgan fingerprint density at radius 2 is 1.17 bits per heavy atom. The van der Waals surface area contributed by atoms with Gasteiger partial charge in [0.25, 0.3) is 0 Å². The van der Waals surface area contributed by atoms with Crippen LogP contribution >= 0.6 is 24.4 Å². The number of hydrogen-bond donors (Lipinski definition) is 6. The quantitative estimate of drug-likeness (QED) is 0.244. The van der Waals surface area contributed by atoms with Crippen molar-refractivity contribution >= 4 is 58.7 Å². The SMILES string of the molecule is Nc1nc(=S)c2[nH]cnc2[nH]1.Nc1nc(=S)c2[nH]cnc2[nH]1.O. The molecule has 0 atom stereocenters. The highest BCUT2D eigenvalue weighted by Gasteiger charge is 1.99. The molecule has 0 spiro atoms. The van der Waals surface area contributed by atoms with Gasteiger partial charge in [-0.2, -0.15) is 0 Å². The lowest BCUT2D eigenvalue weighted by molar-refractivity contribution is 0.824. The van der Waals surface area contributed by atoms with Crippen LogP contribution in [-0.2, 0) is 0 Å². The van der Waals surface area contributed by atoms with Gasteiger partial charge in [0.05, 0.1) is 12.7 Å². The third-order valence-electron chi connectivity index (χ3n) is 2.64. The van der Waals surface area contributed by atoms with Crippen LogP contribution in [0.3, 0.4) is 0 Å². The van der Waals surface area contributed by atoms with E-state index in [0.717, 1.165) is 0 Å². The zero-order valence-corrected chi connectivity index (χ0v) is 13.0. The number of aromatic nitrogens is 8. The molecule has 0 radical (unpaired) electrons. The lowest BCUT2D eigenvalue weighted by Gasteiger charge is -1.91. The monoisotopic (exact) mass is 352 g/mol. The molecule has 13 heteroatoms. The van der Waals surface area contributed by atoms with Crippen LogP contribution in [0.5, 0.6) is 0 Å². The number of rotatable bonds is 0. The third kappa shape index (κ3) is 3.31. The molecule has 0 aliphatic rings. The van der Waals surface area contributed by atoms with Crippen molar-refractivity contribution in [3.05, 3.63) is 21.9 Å². The van der Waals surface area contributed by atoms with Crippen molar-refractivity contribution in [1.82, 2.24) is 39.9 Å². The second-order valence-corrected chi connectivity index (χ2v) is 4.88. The van der Waals surface area contributed by atoms with Crippen molar-refractivity contribution in [3.8, 4) is 0 Å². The van der Waals surface area contributed by atoms with Crippen molar-refractivity contribution in [2.75, 3.05) is 11.5 Å². The highest BCUT2D eigenvalue weighted by atomic mass is 32.1. The molecule has 0 saturated carbocycles. The summed E-state index contributed by atoms with van der Waals surface area (Å²) in [6, 6.07) is 0. The van der Waals surface area contributed by atoms with Crippen LogP contribution in [0.4, 0.5) is 11.9 Å². The average Bonchev–Trinajstić information content (AvgIpc) is 3.07. The Labute approximate surface area is 137 Å². The number of imidazole rings is 2. The fourth-order valence-electron chi connectivity index (χ4n) is 1.73. The van der Waals surface area contributed by atoms with Gasteiger partial charge in [-0.25, -0.2) is 19.9 Å². The smallest absolute Gasteiger partial charge is 0.200 e. The predicted molar refractivity (Wildman–Crippen MR) is 90.6 cm³/mol. The molecule has 0 bridgehead atoms. The first kappa shape index (κ1) is 16.5. The van der Waals surface area contributed by atoms with E-state index in [4.69, 9.17) is 35.9 Å². The first-order valence-electron chi connectivity index (χ1n) is 5.92. The van der Waals surface area contributed by atoms with Gasteiger partial charge >= 0.3 is 0 Å². The van der Waals surface area contributed by atoms with E-state index >= 15 is 0 Å². The maximum absolute atomic E-state index is 5.40. The standard InChI is InChI=1S/2C5H5N5S.H2O/c2*6-5-9-3-2(4(11)10-5)7-1-8-3;/h2*1H,(H4,6,7,8,9,10,11);1H2. The molecule has 11 nitrogen and oxygen atoms in total. The Morgan fingerprint density at radius 3 is 1.57 bits per heavy atom. The van der Waals surface area contributed by atoms with E-state index in [-0.39, 0.29) is 17.4 Å². The Hall–Kier alpha value is -2.90. The van der Waals surface area contributed by atoms with E-state index < -0.39 is 0 Å². The number of nitrogens with zero attached hydrogens (tertiary/aromatic N) is 4. The maximum atomic E-state index is 5.40. The summed E-state index contributed by atoms with van der Waals surface area (Å²) < 4.78 is 0.877. The summed E-state index contributed by atoms with van der Waals surface area (Å²) in [7, 11) is 0. The van der Waals surface area contributed by atoms with Crippen LogP contribution in [0, 0.1) is 9.28 Å². The molecule has 0 fully saturated rings. The molecule has 23 heavy (non-hydrogen) atoms. The van der Waals surface area contributed by atoms with Gasteiger partial charge in [0.2, 0.25) is 11.9 Å². The molecule has 4 aromatic heterocycles. The zero-order chi connectivity index (χ0) is 15.7. The Kier molecular flexibility index (Phi) is 4.63. The lowest BCUT2D eigenvalue weighted by atomic mass is 10.6. The van der Waals surface area contributed by atoms with Gasteiger partial charge in [-0.15, -0.1) is 0 Å². The second kappa shape index (κ2) is 6.47. The van der Waals surface area contributed by atoms with Crippen molar-refractivity contribution in [2.24, 2.45) is 0 Å². The van der Waals surface area contributed by atoms with E-state index in [1.807, 2.05) is 0 Å². The van der Waals surface area contributed by atoms with E-state index in [1.165, 1.54) is 12.7 Å². The molecular formula is C10H12N10OS2. The number of aromatic amines is 4. The van der Waals surface area contributed by atoms with Crippen LogP contribution in [0.2, 0.25) is 0 Å². The average molecular weight is 352 g/mol. The molecular weight excluding hydrogens is 340 g/mol. The minimum absolute atomic E-state index is 0. The van der Waals surface area contributed by atoms with Gasteiger partial charge < -0.3 is 36.9 Å². The molecule has 0 saturated heterocycles. The molecule has 0 amide bonds. The van der Waals surface area contributed by atoms with Crippen molar-refractivity contribution in [2.45, 2.75) is 0 Å². The van der Waals surface area contributed by atoms with Gasteiger partial charge in [0.1, 0.15) is 11.0 Å². The number of nitrogens with two attached hydrogens (primary N) is 2. The number of nitrogen functional groups attached to an aromatic ring is 2. The number of hydrogen-bond acceptors (Lipinski definition) is 8. The number of H-pyrrole nitrogens is 4. The van der Waals surface area contributed by atoms with Gasteiger partial charge in [-0.3, -0.25) is 0 Å². The maximum Gasteiger partial charge on any atom is 0.200 e. The van der Waals surface area contributed by atoms with Gasteiger partial charge in [-0.05, 0) is 0 Å². The predicted octanol–water partition coefficient (Wildman–Crippen LogP) is 0.371. The molecule has 0 aromatic carbocycles. The summed E-state index contributed by atoms with van der Waals surface area (Å²) in [5, 5.41) is 0. The second-order valence-electron chi connectivity index (χ2n) is 4.11. The topological polar surface area (TPSA) is 198 Å². The fraction of sp³-hybridized carbons (Fsp3) is 0. The van der Waals surface area contributed by atoms with Crippen LogP contribution in [0.1, 0.15) is 0 Å². The highest BCUT2D eigenvalue weighted by Crippen LogP contribution is 2.07. The van der Waals surface area contributed by atoms with Crippen LogP contribution in [0.25, 0.3) is 22.3 Å². The number of fused-ring (bicyclic) bond motifs is 2. The van der Waals surface area contributed by atoms with Crippen molar-refractivity contribution in [1.29, 1.82) is 0 Å². The van der Waals surface area contributed by atoms with Crippen molar-refractivity contribution in [3.63, 3.8) is 0 Å². The van der Waals surface area contributed by atoms with Gasteiger partial charge in [0, 0.05) is 0 Å². The Balaban J connectivity index is 0.000000160. The first-order valence-corrected chi connectivity index (χ1v) is 6.74. The number of nitrogens with one attached hydrogen (secondary N) is 4. The zero-order valence-electron chi connectivity index (χ0n) is 11.4. The Morgan fingerprint density at radius 1 is 0.783 bits per heavy atom. The van der Waals surface area contributed by atoms with E-state index in [2.05, 4.69) is 39.9 Å². The van der Waals surface area contributed by atoms with Gasteiger partial charge in [0.15, 0.2) is 20.6 Å². The summed E-state index contributed by atoms with van der Waals surface area (Å²) >= 11 is 9.83. The Bertz CT molecular complexity index is 975. The summed E-state index contributed by atoms with van der Waals surface area (Å²) in [4.78, 5) is 26.8. The fourth-order valence-corrected chi connectivity index (χ4v) is 2.24. The van der Waals surface area contributed by atoms with Crippen molar-refractivity contribution < 1.29 is 5.48 Å². The summed E-state index contributed by atoms with van der Waals surface area (Å²) in [5.41, 5.74) is 13.5. The molecule has 0 unspecified atom stereocenters. The molecule has 4 aromatic rings. The molecule has 0 aliphatic carbocycles. The minimum atomic E-state index is 0. The van der Waals surface area contributed by atoms with Crippen LogP contribution < -0.4 is 11.5 Å². The molecule has 10 N–H and O–H groups in total. The first-order chi connectivity index (χ1) is 10.5. The summed E-state index contributed by atoms with van der Waals surface area (Å²) in [6.45, 7) is 0. The lowest BCUT2D eigenvalue weighted by Crippen LogP contribution is -1.94. The normalized spacial score (nSPS) is 10.1. The minimum Gasteiger partial charge on any atom is -0.412 e. The molecule has 120 valence electrons. The molecule has 4 heterocycles. The molecule has 4 rings (SSSR count). The summed E-state index contributed by atoms with van der Waals surface area (Å²) in [5.74, 6) is 0.573. The third-order valence-corrected chi connectivity index (χ3v) is 3.23. The van der Waals surface area contributed by atoms with Crippen LogP contribution in [-0.4, -0.2) is 45.3 Å². The van der Waals surface area contributed by atoms with E-state index in [0.29, 0.717) is 31.6 Å².